The van der Waals surface area contributed by atoms with Gasteiger partial charge in [-0.1, -0.05) is 18.2 Å². The third-order valence-electron chi connectivity index (χ3n) is 5.01. The Hall–Kier alpha value is -3.97. The number of aromatic nitrogens is 1. The summed E-state index contributed by atoms with van der Waals surface area (Å²) in [4.78, 5) is 19.6. The van der Waals surface area contributed by atoms with E-state index in [1.165, 1.54) is 0 Å². The number of furan rings is 1. The van der Waals surface area contributed by atoms with Crippen LogP contribution < -0.4 is 10.2 Å². The highest BCUT2D eigenvalue weighted by Crippen LogP contribution is 2.25. The van der Waals surface area contributed by atoms with Crippen molar-refractivity contribution in [2.75, 3.05) is 27.2 Å². The number of pyridine rings is 1. The zero-order valence-electron chi connectivity index (χ0n) is 18.7. The first-order valence-electron chi connectivity index (χ1n) is 10.7. The molecule has 0 aliphatic rings. The number of nitrogens with one attached hydrogen (secondary N) is 1. The lowest BCUT2D eigenvalue weighted by molar-refractivity contribution is 0.0956. The fraction of sp³-hybridized carbons (Fsp3) is 0.192. The lowest BCUT2D eigenvalue weighted by atomic mass is 10.1. The van der Waals surface area contributed by atoms with Crippen molar-refractivity contribution in [3.8, 4) is 17.2 Å². The van der Waals surface area contributed by atoms with Gasteiger partial charge in [0.1, 0.15) is 11.4 Å². The minimum Gasteiger partial charge on any atom is -0.494 e. The van der Waals surface area contributed by atoms with Gasteiger partial charge in [0.05, 0.1) is 30.2 Å². The van der Waals surface area contributed by atoms with Crippen LogP contribution in [0, 0.1) is 0 Å². The van der Waals surface area contributed by atoms with E-state index < -0.39 is 0 Å². The molecule has 4 aromatic rings. The number of amides is 1. The van der Waals surface area contributed by atoms with E-state index in [0.29, 0.717) is 29.1 Å². The number of nitrogens with zero attached hydrogens (tertiary/aromatic N) is 3. The van der Waals surface area contributed by atoms with Gasteiger partial charge < -0.3 is 14.1 Å². The van der Waals surface area contributed by atoms with E-state index in [1.54, 1.807) is 24.6 Å². The molecule has 0 saturated carbocycles. The van der Waals surface area contributed by atoms with Gasteiger partial charge in [-0.3, -0.25) is 4.79 Å². The molecule has 1 N–H and O–H groups in total. The fourth-order valence-corrected chi connectivity index (χ4v) is 3.36. The Bertz CT molecular complexity index is 1230. The molecular weight excluding hydrogens is 416 g/mol. The van der Waals surface area contributed by atoms with E-state index in [4.69, 9.17) is 9.15 Å². The average molecular weight is 443 g/mol. The summed E-state index contributed by atoms with van der Waals surface area (Å²) < 4.78 is 11.2. The van der Waals surface area contributed by atoms with Crippen LogP contribution in [-0.4, -0.2) is 49.3 Å². The molecule has 168 valence electrons. The van der Waals surface area contributed by atoms with E-state index in [-0.39, 0.29) is 5.91 Å². The van der Waals surface area contributed by atoms with Gasteiger partial charge >= 0.3 is 0 Å². The van der Waals surface area contributed by atoms with Crippen molar-refractivity contribution < 1.29 is 13.9 Å². The van der Waals surface area contributed by atoms with Crippen LogP contribution in [0.4, 0.5) is 0 Å². The molecule has 0 atom stereocenters. The predicted octanol–water partition coefficient (Wildman–Crippen LogP) is 4.59. The monoisotopic (exact) mass is 442 g/mol. The van der Waals surface area contributed by atoms with E-state index in [9.17, 15) is 4.79 Å². The number of hydrazone groups is 1. The van der Waals surface area contributed by atoms with E-state index in [1.807, 2.05) is 68.7 Å². The van der Waals surface area contributed by atoms with E-state index >= 15 is 0 Å². The predicted molar refractivity (Wildman–Crippen MR) is 130 cm³/mol. The molecule has 0 fully saturated rings. The van der Waals surface area contributed by atoms with Crippen molar-refractivity contribution in [1.29, 1.82) is 0 Å². The minimum absolute atomic E-state index is 0.321. The van der Waals surface area contributed by atoms with Crippen molar-refractivity contribution in [3.05, 3.63) is 84.1 Å². The number of rotatable bonds is 9. The second-order valence-electron chi connectivity index (χ2n) is 7.82. The Labute approximate surface area is 192 Å². The summed E-state index contributed by atoms with van der Waals surface area (Å²) >= 11 is 0. The molecule has 0 bridgehead atoms. The molecule has 7 nitrogen and oxygen atoms in total. The maximum absolute atomic E-state index is 12.9. The SMILES string of the molecule is CN(C)CCCOc1ccc(/C=N/NC(=O)c2cc(-c3ccco3)nc3ccccc23)cc1. The van der Waals surface area contributed by atoms with Gasteiger partial charge in [-0.25, -0.2) is 10.4 Å². The summed E-state index contributed by atoms with van der Waals surface area (Å²) in [5, 5.41) is 4.87. The quantitative estimate of drug-likeness (QED) is 0.233. The fourth-order valence-electron chi connectivity index (χ4n) is 3.36. The van der Waals surface area contributed by atoms with Gasteiger partial charge in [-0.15, -0.1) is 0 Å². The number of carbonyl (C=O) groups excluding carboxylic acids is 1. The Morgan fingerprint density at radius 1 is 1.12 bits per heavy atom. The zero-order chi connectivity index (χ0) is 23.0. The number of carbonyl (C=O) groups is 1. The Morgan fingerprint density at radius 2 is 1.94 bits per heavy atom. The molecule has 0 aliphatic heterocycles. The molecule has 2 aromatic heterocycles. The molecule has 2 heterocycles. The number of benzene rings is 2. The maximum Gasteiger partial charge on any atom is 0.272 e. The van der Waals surface area contributed by atoms with Crippen LogP contribution in [0.1, 0.15) is 22.3 Å². The molecular formula is C26H26N4O3. The molecule has 0 radical (unpaired) electrons. The van der Waals surface area contributed by atoms with Crippen molar-refractivity contribution in [1.82, 2.24) is 15.3 Å². The molecule has 0 unspecified atom stereocenters. The van der Waals surface area contributed by atoms with Crippen LogP contribution in [0.5, 0.6) is 5.75 Å². The van der Waals surface area contributed by atoms with Crippen molar-refractivity contribution >= 4 is 23.0 Å². The lowest BCUT2D eigenvalue weighted by Gasteiger charge is -2.10. The molecule has 33 heavy (non-hydrogen) atoms. The number of para-hydroxylation sites is 1. The Kier molecular flexibility index (Phi) is 7.12. The van der Waals surface area contributed by atoms with Gasteiger partial charge in [-0.05, 0) is 74.6 Å². The molecule has 2 aromatic carbocycles. The number of fused-ring (bicyclic) bond motifs is 1. The van der Waals surface area contributed by atoms with Crippen molar-refractivity contribution in [3.63, 3.8) is 0 Å². The average Bonchev–Trinajstić information content (AvgIpc) is 3.37. The van der Waals surface area contributed by atoms with Gasteiger partial charge in [0.25, 0.3) is 5.91 Å². The molecule has 0 spiro atoms. The highest BCUT2D eigenvalue weighted by Gasteiger charge is 2.14. The van der Waals surface area contributed by atoms with Gasteiger partial charge in [0, 0.05) is 11.9 Å². The summed E-state index contributed by atoms with van der Waals surface area (Å²) in [5.74, 6) is 1.09. The standard InChI is InChI=1S/C26H26N4O3/c1-30(2)14-6-16-32-20-12-10-19(11-13-20)18-27-29-26(31)22-17-24(25-9-5-15-33-25)28-23-8-4-3-7-21(22)23/h3-5,7-13,15,17-18H,6,14,16H2,1-2H3,(H,29,31)/b27-18+. The maximum atomic E-state index is 12.9. The van der Waals surface area contributed by atoms with Crippen LogP contribution in [0.2, 0.25) is 0 Å². The van der Waals surface area contributed by atoms with E-state index in [2.05, 4.69) is 20.4 Å². The van der Waals surface area contributed by atoms with Crippen LogP contribution in [0.25, 0.3) is 22.4 Å². The van der Waals surface area contributed by atoms with Gasteiger partial charge in [-0.2, -0.15) is 5.10 Å². The Balaban J connectivity index is 1.42. The largest absolute Gasteiger partial charge is 0.494 e. The van der Waals surface area contributed by atoms with Crippen molar-refractivity contribution in [2.24, 2.45) is 5.10 Å². The summed E-state index contributed by atoms with van der Waals surface area (Å²) in [6.45, 7) is 1.65. The topological polar surface area (TPSA) is 80.0 Å². The summed E-state index contributed by atoms with van der Waals surface area (Å²) in [6, 6.07) is 20.4. The minimum atomic E-state index is -0.321. The normalized spacial score (nSPS) is 11.4. The summed E-state index contributed by atoms with van der Waals surface area (Å²) in [6.07, 6.45) is 4.15. The molecule has 1 amide bonds. The lowest BCUT2D eigenvalue weighted by Crippen LogP contribution is -2.18. The van der Waals surface area contributed by atoms with Crippen LogP contribution in [-0.2, 0) is 0 Å². The third kappa shape index (κ3) is 5.84. The zero-order valence-corrected chi connectivity index (χ0v) is 18.7. The van der Waals surface area contributed by atoms with Crippen LogP contribution in [0.15, 0.2) is 82.5 Å². The highest BCUT2D eigenvalue weighted by molar-refractivity contribution is 6.07. The number of hydrogen-bond acceptors (Lipinski definition) is 6. The van der Waals surface area contributed by atoms with Crippen LogP contribution in [0.3, 0.4) is 0 Å². The summed E-state index contributed by atoms with van der Waals surface area (Å²) in [5.41, 5.74) is 5.25. The highest BCUT2D eigenvalue weighted by atomic mass is 16.5. The summed E-state index contributed by atoms with van der Waals surface area (Å²) in [7, 11) is 4.09. The van der Waals surface area contributed by atoms with E-state index in [0.717, 1.165) is 29.7 Å². The van der Waals surface area contributed by atoms with Gasteiger partial charge in [0.15, 0.2) is 5.76 Å². The smallest absolute Gasteiger partial charge is 0.272 e. The molecule has 0 saturated heterocycles. The number of ether oxygens (including phenoxy) is 1. The van der Waals surface area contributed by atoms with Gasteiger partial charge in [0.2, 0.25) is 0 Å². The first-order chi connectivity index (χ1) is 16.1. The molecule has 0 aliphatic carbocycles. The molecule has 4 rings (SSSR count). The number of hydrogen-bond donors (Lipinski definition) is 1. The first-order valence-corrected chi connectivity index (χ1v) is 10.7. The van der Waals surface area contributed by atoms with Crippen molar-refractivity contribution in [2.45, 2.75) is 6.42 Å². The Morgan fingerprint density at radius 3 is 2.70 bits per heavy atom. The second-order valence-corrected chi connectivity index (χ2v) is 7.82. The second kappa shape index (κ2) is 10.6. The van der Waals surface area contributed by atoms with Crippen LogP contribution >= 0.6 is 0 Å². The molecule has 7 heteroatoms. The third-order valence-corrected chi connectivity index (χ3v) is 5.01. The first kappa shape index (κ1) is 22.2.